The molecule has 0 N–H and O–H groups in total. The van der Waals surface area contributed by atoms with Gasteiger partial charge in [0, 0.05) is 18.2 Å². The van der Waals surface area contributed by atoms with Gasteiger partial charge in [0.05, 0.1) is 49.1 Å². The summed E-state index contributed by atoms with van der Waals surface area (Å²) in [5, 5.41) is 5.13. The number of halogens is 1. The first-order valence-corrected chi connectivity index (χ1v) is 9.97. The quantitative estimate of drug-likeness (QED) is 0.723. The van der Waals surface area contributed by atoms with Gasteiger partial charge in [0.25, 0.3) is 0 Å². The smallest absolute Gasteiger partial charge is 0.227 e. The third kappa shape index (κ3) is 3.83. The Kier molecular flexibility index (Phi) is 6.18. The van der Waals surface area contributed by atoms with Crippen LogP contribution in [0.15, 0.2) is 18.2 Å². The summed E-state index contributed by atoms with van der Waals surface area (Å²) in [5.41, 5.74) is 2.71. The topological polar surface area (TPSA) is 56.6 Å². The van der Waals surface area contributed by atoms with Crippen molar-refractivity contribution in [3.63, 3.8) is 0 Å². The number of benzene rings is 1. The average Bonchev–Trinajstić information content (AvgIpc) is 3.28. The normalized spacial score (nSPS) is 17.6. The Labute approximate surface area is 171 Å². The van der Waals surface area contributed by atoms with E-state index in [4.69, 9.17) is 21.1 Å². The highest BCUT2D eigenvalue weighted by molar-refractivity contribution is 6.31. The molecule has 1 aromatic heterocycles. The third-order valence-corrected chi connectivity index (χ3v) is 6.04. The van der Waals surface area contributed by atoms with Crippen molar-refractivity contribution in [2.24, 2.45) is 5.92 Å². The van der Waals surface area contributed by atoms with E-state index in [0.29, 0.717) is 11.6 Å². The number of aryl methyl sites for hydroxylation is 1. The van der Waals surface area contributed by atoms with Gasteiger partial charge in [-0.1, -0.05) is 18.5 Å². The molecule has 0 spiro atoms. The van der Waals surface area contributed by atoms with Crippen molar-refractivity contribution in [1.29, 1.82) is 0 Å². The van der Waals surface area contributed by atoms with Gasteiger partial charge in [0.2, 0.25) is 5.91 Å². The van der Waals surface area contributed by atoms with Gasteiger partial charge >= 0.3 is 0 Å². The van der Waals surface area contributed by atoms with E-state index in [2.05, 4.69) is 5.10 Å². The monoisotopic (exact) mass is 405 g/mol. The Morgan fingerprint density at radius 2 is 2.07 bits per heavy atom. The Hall–Kier alpha value is -2.21. The van der Waals surface area contributed by atoms with Crippen LogP contribution in [0.5, 0.6) is 11.5 Å². The van der Waals surface area contributed by atoms with Crippen molar-refractivity contribution in [1.82, 2.24) is 14.7 Å². The van der Waals surface area contributed by atoms with Gasteiger partial charge < -0.3 is 14.4 Å². The molecule has 152 valence electrons. The molecule has 0 radical (unpaired) electrons. The minimum absolute atomic E-state index is 0.0137. The number of likely N-dealkylation sites (tertiary alicyclic amines) is 1. The molecule has 1 aliphatic rings. The van der Waals surface area contributed by atoms with E-state index in [1.54, 1.807) is 14.2 Å². The highest BCUT2D eigenvalue weighted by Gasteiger charge is 2.34. The van der Waals surface area contributed by atoms with Crippen molar-refractivity contribution in [3.05, 3.63) is 40.2 Å². The zero-order chi connectivity index (χ0) is 20.4. The number of ether oxygens (including phenoxy) is 2. The second-order valence-corrected chi connectivity index (χ2v) is 7.74. The van der Waals surface area contributed by atoms with Crippen molar-refractivity contribution >= 4 is 17.5 Å². The molecule has 0 saturated carbocycles. The predicted octanol–water partition coefficient (Wildman–Crippen LogP) is 4.17. The van der Waals surface area contributed by atoms with E-state index in [9.17, 15) is 4.79 Å². The summed E-state index contributed by atoms with van der Waals surface area (Å²) in [5.74, 6) is 1.43. The maximum atomic E-state index is 13.2. The lowest BCUT2D eigenvalue weighted by atomic mass is 10.0. The van der Waals surface area contributed by atoms with Crippen LogP contribution in [0.2, 0.25) is 5.02 Å². The first-order chi connectivity index (χ1) is 13.4. The number of carbonyl (C=O) groups excluding carboxylic acids is 1. The molecular weight excluding hydrogens is 378 g/mol. The van der Waals surface area contributed by atoms with Crippen molar-refractivity contribution in [3.8, 4) is 11.5 Å². The number of rotatable bonds is 6. The largest absolute Gasteiger partial charge is 0.497 e. The van der Waals surface area contributed by atoms with Crippen molar-refractivity contribution < 1.29 is 14.3 Å². The maximum Gasteiger partial charge on any atom is 0.227 e. The van der Waals surface area contributed by atoms with Gasteiger partial charge in [-0.15, -0.1) is 0 Å². The fourth-order valence-electron chi connectivity index (χ4n) is 3.92. The molecule has 2 aromatic rings. The molecule has 0 aliphatic carbocycles. The number of aromatic nitrogens is 2. The minimum atomic E-state index is -0.195. The van der Waals surface area contributed by atoms with Crippen LogP contribution in [0.1, 0.15) is 42.8 Å². The molecule has 2 heterocycles. The predicted molar refractivity (Wildman–Crippen MR) is 109 cm³/mol. The molecule has 1 amide bonds. The molecule has 1 saturated heterocycles. The summed E-state index contributed by atoms with van der Waals surface area (Å²) < 4.78 is 12.7. The molecular formula is C21H28ClN3O3. The van der Waals surface area contributed by atoms with E-state index in [-0.39, 0.29) is 17.9 Å². The van der Waals surface area contributed by atoms with E-state index >= 15 is 0 Å². The number of hydrogen-bond acceptors (Lipinski definition) is 4. The summed E-state index contributed by atoms with van der Waals surface area (Å²) >= 11 is 6.25. The number of hydrogen-bond donors (Lipinski definition) is 0. The van der Waals surface area contributed by atoms with E-state index in [1.165, 1.54) is 0 Å². The lowest BCUT2D eigenvalue weighted by Gasteiger charge is -2.29. The molecule has 2 atom stereocenters. The van der Waals surface area contributed by atoms with Crippen LogP contribution in [-0.2, 0) is 11.3 Å². The summed E-state index contributed by atoms with van der Waals surface area (Å²) in [6, 6.07) is 5.80. The van der Waals surface area contributed by atoms with Gasteiger partial charge in [-0.3, -0.25) is 9.48 Å². The maximum absolute atomic E-state index is 13.2. The van der Waals surface area contributed by atoms with Crippen LogP contribution < -0.4 is 9.47 Å². The van der Waals surface area contributed by atoms with Gasteiger partial charge in [0.15, 0.2) is 0 Å². The average molecular weight is 406 g/mol. The third-order valence-electron chi connectivity index (χ3n) is 5.50. The molecule has 6 nitrogen and oxygen atoms in total. The highest BCUT2D eigenvalue weighted by Crippen LogP contribution is 2.39. The molecule has 1 aromatic carbocycles. The molecule has 1 fully saturated rings. The lowest BCUT2D eigenvalue weighted by molar-refractivity contribution is -0.136. The number of amides is 1. The summed E-state index contributed by atoms with van der Waals surface area (Å²) in [7, 11) is 3.28. The van der Waals surface area contributed by atoms with Gasteiger partial charge in [-0.05, 0) is 38.8 Å². The second kappa shape index (κ2) is 8.43. The standard InChI is InChI=1S/C21H28ClN3O3/c1-13(12-25-15(3)20(22)14(2)23-25)21(26)24-10-6-7-18(24)17-9-8-16(27-4)11-19(17)28-5/h8-9,11,13,18H,6-7,10,12H2,1-5H3/t13-,18-/m1/s1. The fourth-order valence-corrected chi connectivity index (χ4v) is 4.06. The van der Waals surface area contributed by atoms with Crippen LogP contribution in [0.4, 0.5) is 0 Å². The van der Waals surface area contributed by atoms with Gasteiger partial charge in [0.1, 0.15) is 11.5 Å². The molecule has 0 bridgehead atoms. The summed E-state index contributed by atoms with van der Waals surface area (Å²) in [4.78, 5) is 15.2. The van der Waals surface area contributed by atoms with Gasteiger partial charge in [-0.25, -0.2) is 0 Å². The minimum Gasteiger partial charge on any atom is -0.497 e. The van der Waals surface area contributed by atoms with E-state index in [1.807, 2.05) is 48.6 Å². The van der Waals surface area contributed by atoms with Crippen molar-refractivity contribution in [2.45, 2.75) is 46.2 Å². The highest BCUT2D eigenvalue weighted by atomic mass is 35.5. The molecule has 0 unspecified atom stereocenters. The SMILES string of the molecule is COc1ccc([C@H]2CCCN2C(=O)[C@H](C)Cn2nc(C)c(Cl)c2C)c(OC)c1. The van der Waals surface area contributed by atoms with Crippen LogP contribution in [-0.4, -0.2) is 41.4 Å². The van der Waals surface area contributed by atoms with Crippen LogP contribution in [0.3, 0.4) is 0 Å². The molecule has 7 heteroatoms. The van der Waals surface area contributed by atoms with Crippen molar-refractivity contribution in [2.75, 3.05) is 20.8 Å². The summed E-state index contributed by atoms with van der Waals surface area (Å²) in [6.07, 6.45) is 1.90. The number of nitrogens with zero attached hydrogens (tertiary/aromatic N) is 3. The Bertz CT molecular complexity index is 865. The Balaban J connectivity index is 1.80. The number of methoxy groups -OCH3 is 2. The zero-order valence-corrected chi connectivity index (χ0v) is 17.9. The first kappa shape index (κ1) is 20.5. The van der Waals surface area contributed by atoms with Crippen LogP contribution in [0, 0.1) is 19.8 Å². The van der Waals surface area contributed by atoms with E-state index < -0.39 is 0 Å². The second-order valence-electron chi connectivity index (χ2n) is 7.37. The fraction of sp³-hybridized carbons (Fsp3) is 0.524. The lowest BCUT2D eigenvalue weighted by Crippen LogP contribution is -2.36. The zero-order valence-electron chi connectivity index (χ0n) is 17.2. The molecule has 28 heavy (non-hydrogen) atoms. The van der Waals surface area contributed by atoms with E-state index in [0.717, 1.165) is 47.8 Å². The van der Waals surface area contributed by atoms with Crippen LogP contribution >= 0.6 is 11.6 Å². The van der Waals surface area contributed by atoms with Crippen LogP contribution in [0.25, 0.3) is 0 Å². The number of carbonyl (C=O) groups is 1. The Morgan fingerprint density at radius 3 is 2.68 bits per heavy atom. The molecule has 3 rings (SSSR count). The first-order valence-electron chi connectivity index (χ1n) is 9.59. The Morgan fingerprint density at radius 1 is 1.32 bits per heavy atom. The summed E-state index contributed by atoms with van der Waals surface area (Å²) in [6.45, 7) is 7.03. The molecule has 1 aliphatic heterocycles. The van der Waals surface area contributed by atoms with Gasteiger partial charge in [-0.2, -0.15) is 5.10 Å².